The number of hydrogen-bond acceptors (Lipinski definition) is 3. The van der Waals surface area contributed by atoms with E-state index in [1.165, 1.54) is 38.2 Å². The second-order valence-electron chi connectivity index (χ2n) is 5.94. The van der Waals surface area contributed by atoms with Gasteiger partial charge in [0.25, 0.3) is 0 Å². The molecule has 0 saturated heterocycles. The number of unbranched alkanes of at least 4 members (excludes halogenated alkanes) is 7. The predicted molar refractivity (Wildman–Crippen MR) is 89.4 cm³/mol. The molecule has 0 radical (unpaired) electrons. The van der Waals surface area contributed by atoms with Gasteiger partial charge in [0.15, 0.2) is 0 Å². The molecule has 1 rings (SSSR count). The Morgan fingerprint density at radius 3 is 2.08 bits per heavy atom. The fraction of sp³-hybridized carbons (Fsp3) is 0.647. The Balaban J connectivity index is 2.38. The Morgan fingerprint density at radius 1 is 0.958 bits per heavy atom. The molecule has 0 atom stereocenters. The minimum atomic E-state index is -4.66. The SMILES string of the molecule is CCCCCCCCCCOc1ccc(B(O)O)c(C(F)(F)F)c1. The van der Waals surface area contributed by atoms with Gasteiger partial charge in [0.1, 0.15) is 5.75 Å². The van der Waals surface area contributed by atoms with Gasteiger partial charge < -0.3 is 14.8 Å². The average Bonchev–Trinajstić information content (AvgIpc) is 2.52. The van der Waals surface area contributed by atoms with Gasteiger partial charge in [-0.15, -0.1) is 0 Å². The molecule has 0 aromatic heterocycles. The van der Waals surface area contributed by atoms with Crippen molar-refractivity contribution in [3.05, 3.63) is 23.8 Å². The van der Waals surface area contributed by atoms with E-state index in [0.717, 1.165) is 31.4 Å². The minimum absolute atomic E-state index is 0.0923. The molecule has 0 spiro atoms. The number of alkyl halides is 3. The largest absolute Gasteiger partial charge is 0.494 e. The molecule has 0 unspecified atom stereocenters. The van der Waals surface area contributed by atoms with Gasteiger partial charge in [-0.05, 0) is 24.0 Å². The van der Waals surface area contributed by atoms with E-state index in [9.17, 15) is 13.2 Å². The monoisotopic (exact) mass is 346 g/mol. The van der Waals surface area contributed by atoms with Crippen molar-refractivity contribution in [2.45, 2.75) is 64.5 Å². The number of rotatable bonds is 11. The topological polar surface area (TPSA) is 49.7 Å². The van der Waals surface area contributed by atoms with Crippen LogP contribution >= 0.6 is 0 Å². The summed E-state index contributed by atoms with van der Waals surface area (Å²) in [5, 5.41) is 18.0. The van der Waals surface area contributed by atoms with Crippen LogP contribution in [0, 0.1) is 0 Å². The first-order chi connectivity index (χ1) is 11.4. The lowest BCUT2D eigenvalue weighted by atomic mass is 9.77. The van der Waals surface area contributed by atoms with Crippen LogP contribution in [0.15, 0.2) is 18.2 Å². The molecule has 0 aliphatic heterocycles. The van der Waals surface area contributed by atoms with Crippen LogP contribution in [0.5, 0.6) is 5.75 Å². The number of ether oxygens (including phenoxy) is 1. The molecule has 0 fully saturated rings. The first-order valence-corrected chi connectivity index (χ1v) is 8.56. The number of halogens is 3. The fourth-order valence-corrected chi connectivity index (χ4v) is 2.52. The lowest BCUT2D eigenvalue weighted by Crippen LogP contribution is -2.36. The molecule has 0 bridgehead atoms. The summed E-state index contributed by atoms with van der Waals surface area (Å²) >= 11 is 0. The molecule has 136 valence electrons. The van der Waals surface area contributed by atoms with Gasteiger partial charge in [0.05, 0.1) is 12.2 Å². The minimum Gasteiger partial charge on any atom is -0.494 e. The summed E-state index contributed by atoms with van der Waals surface area (Å²) in [6.45, 7) is 2.53. The Labute approximate surface area is 142 Å². The van der Waals surface area contributed by atoms with Crippen LogP contribution in [-0.4, -0.2) is 23.8 Å². The lowest BCUT2D eigenvalue weighted by Gasteiger charge is -2.14. The van der Waals surface area contributed by atoms with E-state index in [-0.39, 0.29) is 5.75 Å². The fourth-order valence-electron chi connectivity index (χ4n) is 2.52. The van der Waals surface area contributed by atoms with Gasteiger partial charge in [-0.2, -0.15) is 13.2 Å². The molecule has 1 aromatic carbocycles. The van der Waals surface area contributed by atoms with Crippen LogP contribution in [-0.2, 0) is 6.18 Å². The molecule has 0 saturated carbocycles. The third-order valence-electron chi connectivity index (χ3n) is 3.87. The zero-order valence-electron chi connectivity index (χ0n) is 14.1. The Bertz CT molecular complexity index is 479. The van der Waals surface area contributed by atoms with E-state index in [4.69, 9.17) is 14.8 Å². The van der Waals surface area contributed by atoms with Crippen LogP contribution < -0.4 is 10.2 Å². The Hall–Kier alpha value is -1.21. The van der Waals surface area contributed by atoms with Gasteiger partial charge in [-0.3, -0.25) is 0 Å². The Kier molecular flexibility index (Phi) is 9.22. The molecule has 0 aliphatic carbocycles. The van der Waals surface area contributed by atoms with Crippen molar-refractivity contribution in [2.75, 3.05) is 6.61 Å². The van der Waals surface area contributed by atoms with Crippen molar-refractivity contribution in [3.8, 4) is 5.75 Å². The van der Waals surface area contributed by atoms with E-state index in [1.54, 1.807) is 0 Å². The summed E-state index contributed by atoms with van der Waals surface area (Å²) in [5.74, 6) is 0.0923. The van der Waals surface area contributed by atoms with Crippen molar-refractivity contribution < 1.29 is 28.0 Å². The van der Waals surface area contributed by atoms with Gasteiger partial charge in [-0.1, -0.05) is 57.9 Å². The van der Waals surface area contributed by atoms with Crippen molar-refractivity contribution >= 4 is 12.6 Å². The number of benzene rings is 1. The highest BCUT2D eigenvalue weighted by Gasteiger charge is 2.36. The molecule has 2 N–H and O–H groups in total. The van der Waals surface area contributed by atoms with Gasteiger partial charge in [-0.25, -0.2) is 0 Å². The maximum Gasteiger partial charge on any atom is 0.489 e. The summed E-state index contributed by atoms with van der Waals surface area (Å²) in [4.78, 5) is 0. The molecule has 0 heterocycles. The highest BCUT2D eigenvalue weighted by atomic mass is 19.4. The van der Waals surface area contributed by atoms with Crippen molar-refractivity contribution in [1.82, 2.24) is 0 Å². The maximum absolute atomic E-state index is 12.9. The first-order valence-electron chi connectivity index (χ1n) is 8.56. The molecular weight excluding hydrogens is 320 g/mol. The second kappa shape index (κ2) is 10.6. The molecule has 7 heteroatoms. The molecule has 0 aliphatic rings. The van der Waals surface area contributed by atoms with Crippen LogP contribution in [0.25, 0.3) is 0 Å². The zero-order chi connectivity index (χ0) is 18.0. The summed E-state index contributed by atoms with van der Waals surface area (Å²) in [7, 11) is -2.16. The van der Waals surface area contributed by atoms with Gasteiger partial charge in [0, 0.05) is 0 Å². The van der Waals surface area contributed by atoms with E-state index in [2.05, 4.69) is 6.92 Å². The van der Waals surface area contributed by atoms with E-state index < -0.39 is 24.3 Å². The first kappa shape index (κ1) is 20.8. The highest BCUT2D eigenvalue weighted by Crippen LogP contribution is 2.30. The van der Waals surface area contributed by atoms with Crippen LogP contribution in [0.4, 0.5) is 13.2 Å². The molecular formula is C17H26BF3O3. The van der Waals surface area contributed by atoms with E-state index in [1.807, 2.05) is 0 Å². The van der Waals surface area contributed by atoms with Crippen LogP contribution in [0.2, 0.25) is 0 Å². The third kappa shape index (κ3) is 7.58. The molecule has 3 nitrogen and oxygen atoms in total. The predicted octanol–water partition coefficient (Wildman–Crippen LogP) is 3.90. The lowest BCUT2D eigenvalue weighted by molar-refractivity contribution is -0.137. The molecule has 0 amide bonds. The van der Waals surface area contributed by atoms with Crippen molar-refractivity contribution in [2.24, 2.45) is 0 Å². The second-order valence-corrected chi connectivity index (χ2v) is 5.94. The van der Waals surface area contributed by atoms with Crippen molar-refractivity contribution in [1.29, 1.82) is 0 Å². The summed E-state index contributed by atoms with van der Waals surface area (Å²) in [6, 6.07) is 3.19. The van der Waals surface area contributed by atoms with Gasteiger partial charge >= 0.3 is 13.3 Å². The van der Waals surface area contributed by atoms with Gasteiger partial charge in [0.2, 0.25) is 0 Å². The summed E-state index contributed by atoms with van der Waals surface area (Å²) in [5.41, 5.74) is -1.65. The smallest absolute Gasteiger partial charge is 0.489 e. The normalized spacial score (nSPS) is 11.6. The summed E-state index contributed by atoms with van der Waals surface area (Å²) in [6.07, 6.45) is 4.40. The highest BCUT2D eigenvalue weighted by molar-refractivity contribution is 6.59. The quantitative estimate of drug-likeness (QED) is 0.472. The molecule has 24 heavy (non-hydrogen) atoms. The van der Waals surface area contributed by atoms with Crippen LogP contribution in [0.3, 0.4) is 0 Å². The molecule has 1 aromatic rings. The number of hydrogen-bond donors (Lipinski definition) is 2. The van der Waals surface area contributed by atoms with E-state index >= 15 is 0 Å². The van der Waals surface area contributed by atoms with E-state index in [0.29, 0.717) is 6.61 Å². The Morgan fingerprint density at radius 2 is 1.54 bits per heavy atom. The zero-order valence-corrected chi connectivity index (χ0v) is 14.1. The third-order valence-corrected chi connectivity index (χ3v) is 3.87. The van der Waals surface area contributed by atoms with Crippen LogP contribution in [0.1, 0.15) is 63.9 Å². The standard InChI is InChI=1S/C17H26BF3O3/c1-2-3-4-5-6-7-8-9-12-24-14-10-11-16(18(22)23)15(13-14)17(19,20)21/h10-11,13,22-23H,2-9,12H2,1H3. The average molecular weight is 346 g/mol. The van der Waals surface area contributed by atoms with Crippen molar-refractivity contribution in [3.63, 3.8) is 0 Å². The maximum atomic E-state index is 12.9. The summed E-state index contributed by atoms with van der Waals surface area (Å²) < 4.78 is 44.1.